The van der Waals surface area contributed by atoms with E-state index in [0.717, 1.165) is 0 Å². The Bertz CT molecular complexity index is 496. The fourth-order valence-electron chi connectivity index (χ4n) is 1.12. The lowest BCUT2D eigenvalue weighted by Crippen LogP contribution is -2.07. The quantitative estimate of drug-likeness (QED) is 0.577. The number of aromatic carboxylic acids is 1. The van der Waals surface area contributed by atoms with E-state index >= 15 is 0 Å². The second kappa shape index (κ2) is 3.81. The number of rotatable bonds is 3. The van der Waals surface area contributed by atoms with E-state index in [1.54, 1.807) is 0 Å². The van der Waals surface area contributed by atoms with Crippen LogP contribution in [0.4, 0.5) is 11.4 Å². The van der Waals surface area contributed by atoms with Crippen LogP contribution in [0.1, 0.15) is 10.4 Å². The minimum Gasteiger partial charge on any atom is -0.502 e. The fourth-order valence-corrected chi connectivity index (χ4v) is 1.12. The zero-order valence-electron chi connectivity index (χ0n) is 7.48. The highest BCUT2D eigenvalue weighted by atomic mass is 16.6. The number of carboxylic acid groups (broad SMARTS) is 1. The van der Waals surface area contributed by atoms with Crippen LogP contribution in [0.25, 0.3) is 0 Å². The molecule has 16 heavy (non-hydrogen) atoms. The molecular weight excluding hydrogens is 224 g/mol. The zero-order valence-corrected chi connectivity index (χ0v) is 7.48. The van der Waals surface area contributed by atoms with Crippen molar-refractivity contribution in [3.63, 3.8) is 0 Å². The van der Waals surface area contributed by atoms with Gasteiger partial charge in [0, 0.05) is 6.07 Å². The van der Waals surface area contributed by atoms with Crippen molar-refractivity contribution in [1.82, 2.24) is 0 Å². The highest BCUT2D eigenvalue weighted by Gasteiger charge is 2.33. The largest absolute Gasteiger partial charge is 0.502 e. The van der Waals surface area contributed by atoms with Gasteiger partial charge in [-0.25, -0.2) is 4.79 Å². The molecule has 0 saturated carbocycles. The van der Waals surface area contributed by atoms with E-state index in [2.05, 4.69) is 0 Å². The van der Waals surface area contributed by atoms with Gasteiger partial charge in [-0.05, 0) is 6.07 Å². The van der Waals surface area contributed by atoms with Crippen molar-refractivity contribution in [2.45, 2.75) is 0 Å². The molecule has 9 heteroatoms. The molecule has 84 valence electrons. The number of carbonyl (C=O) groups is 1. The lowest BCUT2D eigenvalue weighted by Gasteiger charge is -2.01. The molecule has 1 aromatic rings. The Labute approximate surface area is 86.9 Å². The third-order valence-electron chi connectivity index (χ3n) is 1.73. The van der Waals surface area contributed by atoms with Crippen molar-refractivity contribution < 1.29 is 24.9 Å². The van der Waals surface area contributed by atoms with E-state index in [9.17, 15) is 25.0 Å². The summed E-state index contributed by atoms with van der Waals surface area (Å²) in [5.74, 6) is -2.79. The fraction of sp³-hybridized carbons (Fsp3) is 0. The summed E-state index contributed by atoms with van der Waals surface area (Å²) in [6.45, 7) is 0. The molecule has 0 radical (unpaired) electrons. The molecule has 0 heterocycles. The molecule has 0 bridgehead atoms. The standard InChI is InChI=1S/C7H4N2O7/c10-4-2-1-3(8(13)14)5(7(11)12)6(4)9(15)16/h1-2,10H,(H,11,12). The van der Waals surface area contributed by atoms with E-state index in [1.165, 1.54) is 0 Å². The average Bonchev–Trinajstić information content (AvgIpc) is 2.15. The number of carboxylic acids is 1. The number of benzene rings is 1. The van der Waals surface area contributed by atoms with Crippen LogP contribution in [0.3, 0.4) is 0 Å². The first-order valence-electron chi connectivity index (χ1n) is 3.74. The molecule has 2 N–H and O–H groups in total. The Kier molecular flexibility index (Phi) is 2.70. The predicted molar refractivity (Wildman–Crippen MR) is 48.4 cm³/mol. The van der Waals surface area contributed by atoms with E-state index in [1.807, 2.05) is 0 Å². The normalized spacial score (nSPS) is 9.75. The number of hydrogen-bond donors (Lipinski definition) is 2. The van der Waals surface area contributed by atoms with Gasteiger partial charge in [0.25, 0.3) is 5.69 Å². The molecule has 0 atom stereocenters. The number of aromatic hydroxyl groups is 1. The van der Waals surface area contributed by atoms with Gasteiger partial charge in [0.1, 0.15) is 0 Å². The zero-order chi connectivity index (χ0) is 12.5. The molecule has 0 aliphatic carbocycles. The molecular formula is C7H4N2O7. The molecule has 1 aromatic carbocycles. The SMILES string of the molecule is O=C(O)c1c([N+](=O)[O-])ccc(O)c1[N+](=O)[O-]. The summed E-state index contributed by atoms with van der Waals surface area (Å²) in [6.07, 6.45) is 0. The van der Waals surface area contributed by atoms with Crippen molar-refractivity contribution in [1.29, 1.82) is 0 Å². The number of hydrogen-bond acceptors (Lipinski definition) is 6. The van der Waals surface area contributed by atoms with Crippen LogP contribution in [-0.2, 0) is 0 Å². The molecule has 0 aliphatic heterocycles. The van der Waals surface area contributed by atoms with Crippen molar-refractivity contribution in [2.75, 3.05) is 0 Å². The molecule has 0 fully saturated rings. The summed E-state index contributed by atoms with van der Waals surface area (Å²) in [5, 5.41) is 38.7. The lowest BCUT2D eigenvalue weighted by atomic mass is 10.1. The van der Waals surface area contributed by atoms with Crippen LogP contribution >= 0.6 is 0 Å². The van der Waals surface area contributed by atoms with Crippen LogP contribution in [0.15, 0.2) is 12.1 Å². The van der Waals surface area contributed by atoms with Crippen LogP contribution in [-0.4, -0.2) is 26.0 Å². The van der Waals surface area contributed by atoms with E-state index in [0.29, 0.717) is 12.1 Å². The first kappa shape index (κ1) is 11.4. The smallest absolute Gasteiger partial charge is 0.350 e. The maximum atomic E-state index is 10.7. The first-order valence-corrected chi connectivity index (χ1v) is 3.74. The summed E-state index contributed by atoms with van der Waals surface area (Å²) in [5.41, 5.74) is -3.28. The summed E-state index contributed by atoms with van der Waals surface area (Å²) in [7, 11) is 0. The molecule has 0 amide bonds. The lowest BCUT2D eigenvalue weighted by molar-refractivity contribution is -0.395. The number of phenolic OH excluding ortho intramolecular Hbond substituents is 1. The summed E-state index contributed by atoms with van der Waals surface area (Å²) >= 11 is 0. The van der Waals surface area contributed by atoms with Crippen LogP contribution in [0.5, 0.6) is 5.75 Å². The van der Waals surface area contributed by atoms with Crippen LogP contribution in [0.2, 0.25) is 0 Å². The number of nitrogens with zero attached hydrogens (tertiary/aromatic N) is 2. The number of phenols is 1. The van der Waals surface area contributed by atoms with E-state index < -0.39 is 38.5 Å². The maximum absolute atomic E-state index is 10.7. The van der Waals surface area contributed by atoms with Gasteiger partial charge in [0.15, 0.2) is 5.75 Å². The van der Waals surface area contributed by atoms with Crippen molar-refractivity contribution >= 4 is 17.3 Å². The van der Waals surface area contributed by atoms with Crippen molar-refractivity contribution in [2.24, 2.45) is 0 Å². The maximum Gasteiger partial charge on any atom is 0.350 e. The Balaban J connectivity index is 3.70. The Morgan fingerprint density at radius 3 is 2.12 bits per heavy atom. The number of nitro groups is 2. The van der Waals surface area contributed by atoms with Gasteiger partial charge in [-0.1, -0.05) is 0 Å². The Morgan fingerprint density at radius 2 is 1.75 bits per heavy atom. The van der Waals surface area contributed by atoms with Gasteiger partial charge in [0.2, 0.25) is 5.56 Å². The van der Waals surface area contributed by atoms with Crippen LogP contribution in [0, 0.1) is 20.2 Å². The second-order valence-corrected chi connectivity index (χ2v) is 2.65. The van der Waals surface area contributed by atoms with Gasteiger partial charge < -0.3 is 10.2 Å². The van der Waals surface area contributed by atoms with Gasteiger partial charge in [0.05, 0.1) is 9.85 Å². The third-order valence-corrected chi connectivity index (χ3v) is 1.73. The highest BCUT2D eigenvalue weighted by Crippen LogP contribution is 2.35. The summed E-state index contributed by atoms with van der Waals surface area (Å²) in [6, 6.07) is 1.38. The van der Waals surface area contributed by atoms with Gasteiger partial charge in [-0.15, -0.1) is 0 Å². The third kappa shape index (κ3) is 1.73. The van der Waals surface area contributed by atoms with Gasteiger partial charge >= 0.3 is 11.7 Å². The monoisotopic (exact) mass is 228 g/mol. The molecule has 0 aromatic heterocycles. The van der Waals surface area contributed by atoms with Crippen molar-refractivity contribution in [3.05, 3.63) is 37.9 Å². The Morgan fingerprint density at radius 1 is 1.19 bits per heavy atom. The van der Waals surface area contributed by atoms with Gasteiger partial charge in [-0.3, -0.25) is 20.2 Å². The molecule has 0 spiro atoms. The first-order chi connectivity index (χ1) is 7.36. The minimum atomic E-state index is -1.85. The predicted octanol–water partition coefficient (Wildman–Crippen LogP) is 0.907. The summed E-state index contributed by atoms with van der Waals surface area (Å²) in [4.78, 5) is 29.4. The molecule has 1 rings (SSSR count). The van der Waals surface area contributed by atoms with Crippen LogP contribution < -0.4 is 0 Å². The van der Waals surface area contributed by atoms with E-state index in [-0.39, 0.29) is 0 Å². The molecule has 0 aliphatic rings. The topological polar surface area (TPSA) is 144 Å². The molecule has 0 saturated heterocycles. The highest BCUT2D eigenvalue weighted by molar-refractivity contribution is 5.98. The second-order valence-electron chi connectivity index (χ2n) is 2.65. The average molecular weight is 228 g/mol. The van der Waals surface area contributed by atoms with Gasteiger partial charge in [-0.2, -0.15) is 0 Å². The Hall–Kier alpha value is -2.71. The summed E-state index contributed by atoms with van der Waals surface area (Å²) < 4.78 is 0. The van der Waals surface area contributed by atoms with Crippen molar-refractivity contribution in [3.8, 4) is 5.75 Å². The minimum absolute atomic E-state index is 0.686. The molecule has 9 nitrogen and oxygen atoms in total. The number of nitro benzene ring substituents is 2. The van der Waals surface area contributed by atoms with E-state index in [4.69, 9.17) is 10.2 Å². The molecule has 0 unspecified atom stereocenters.